The Morgan fingerprint density at radius 1 is 1.55 bits per heavy atom. The van der Waals surface area contributed by atoms with Gasteiger partial charge in [-0.2, -0.15) is 0 Å². The van der Waals surface area contributed by atoms with Crippen molar-refractivity contribution in [2.24, 2.45) is 5.73 Å². The van der Waals surface area contributed by atoms with Gasteiger partial charge < -0.3 is 15.8 Å². The molecule has 1 aliphatic rings. The lowest BCUT2D eigenvalue weighted by Gasteiger charge is -2.38. The Balaban J connectivity index is 2.47. The van der Waals surface area contributed by atoms with Gasteiger partial charge in [-0.1, -0.05) is 35.9 Å². The van der Waals surface area contributed by atoms with Crippen LogP contribution in [0.5, 0.6) is 0 Å². The van der Waals surface area contributed by atoms with Gasteiger partial charge in [0, 0.05) is 23.2 Å². The highest BCUT2D eigenvalue weighted by Crippen LogP contribution is 2.36. The molecule has 1 heterocycles. The summed E-state index contributed by atoms with van der Waals surface area (Å²) in [6, 6.07) is 7.43. The lowest BCUT2D eigenvalue weighted by Crippen LogP contribution is -2.61. The van der Waals surface area contributed by atoms with E-state index in [0.29, 0.717) is 18.2 Å². The van der Waals surface area contributed by atoms with Gasteiger partial charge in [-0.25, -0.2) is 4.79 Å². The third-order valence-electron chi connectivity index (χ3n) is 3.53. The fraction of sp³-hybridized carbons (Fsp3) is 0.400. The lowest BCUT2D eigenvalue weighted by molar-refractivity contribution is -0.150. The van der Waals surface area contributed by atoms with Crippen LogP contribution in [0, 0.1) is 0 Å². The standard InChI is InChI=1S/C15H19ClN2O2/c1-3-20-14(19)15(17)9-18-10(2)8-12(15)11-6-4-5-7-13(11)16/h4-8,12,18H,3,9,17H2,1-2H3. The highest BCUT2D eigenvalue weighted by Gasteiger charge is 2.45. The molecule has 108 valence electrons. The predicted octanol–water partition coefficient (Wildman–Crippen LogP) is 2.19. The fourth-order valence-electron chi connectivity index (χ4n) is 2.41. The summed E-state index contributed by atoms with van der Waals surface area (Å²) in [5.74, 6) is -0.724. The maximum Gasteiger partial charge on any atom is 0.328 e. The summed E-state index contributed by atoms with van der Waals surface area (Å²) in [7, 11) is 0. The van der Waals surface area contributed by atoms with Crippen molar-refractivity contribution in [3.05, 3.63) is 46.6 Å². The normalized spacial score (nSPS) is 25.6. The SMILES string of the molecule is CCOC(=O)C1(N)CNC(C)=CC1c1ccccc1Cl. The molecule has 1 aromatic rings. The van der Waals surface area contributed by atoms with Crippen molar-refractivity contribution in [2.45, 2.75) is 25.3 Å². The molecule has 2 rings (SSSR count). The summed E-state index contributed by atoms with van der Waals surface area (Å²) in [4.78, 5) is 12.3. The number of benzene rings is 1. The van der Waals surface area contributed by atoms with Crippen molar-refractivity contribution < 1.29 is 9.53 Å². The van der Waals surface area contributed by atoms with Gasteiger partial charge in [0.2, 0.25) is 0 Å². The number of carbonyl (C=O) groups excluding carboxylic acids is 1. The zero-order chi connectivity index (χ0) is 14.8. The van der Waals surface area contributed by atoms with Crippen molar-refractivity contribution in [3.63, 3.8) is 0 Å². The number of halogens is 1. The van der Waals surface area contributed by atoms with E-state index in [1.807, 2.05) is 31.2 Å². The molecule has 1 aliphatic heterocycles. The van der Waals surface area contributed by atoms with E-state index in [2.05, 4.69) is 5.32 Å². The average Bonchev–Trinajstić information content (AvgIpc) is 2.43. The van der Waals surface area contributed by atoms with Crippen LogP contribution >= 0.6 is 11.6 Å². The first-order chi connectivity index (χ1) is 9.49. The van der Waals surface area contributed by atoms with Crippen LogP contribution in [0.2, 0.25) is 5.02 Å². The molecule has 0 radical (unpaired) electrons. The Bertz CT molecular complexity index is 544. The zero-order valence-corrected chi connectivity index (χ0v) is 12.4. The van der Waals surface area contributed by atoms with Crippen molar-refractivity contribution in [1.82, 2.24) is 5.32 Å². The van der Waals surface area contributed by atoms with Gasteiger partial charge in [0.1, 0.15) is 5.54 Å². The van der Waals surface area contributed by atoms with Crippen LogP contribution in [0.15, 0.2) is 36.0 Å². The summed E-state index contributed by atoms with van der Waals surface area (Å²) in [5.41, 5.74) is 7.01. The molecule has 0 aliphatic carbocycles. The van der Waals surface area contributed by atoms with Crippen molar-refractivity contribution >= 4 is 17.6 Å². The van der Waals surface area contributed by atoms with Gasteiger partial charge in [0.25, 0.3) is 0 Å². The summed E-state index contributed by atoms with van der Waals surface area (Å²) < 4.78 is 5.13. The van der Waals surface area contributed by atoms with Gasteiger partial charge in [-0.3, -0.25) is 0 Å². The molecule has 0 saturated heterocycles. The second-order valence-electron chi connectivity index (χ2n) is 4.96. The third kappa shape index (κ3) is 2.67. The molecule has 0 fully saturated rings. The van der Waals surface area contributed by atoms with Crippen LogP contribution in [0.1, 0.15) is 25.3 Å². The van der Waals surface area contributed by atoms with E-state index in [0.717, 1.165) is 11.3 Å². The van der Waals surface area contributed by atoms with Crippen molar-refractivity contribution in [1.29, 1.82) is 0 Å². The van der Waals surface area contributed by atoms with Crippen molar-refractivity contribution in [2.75, 3.05) is 13.2 Å². The largest absolute Gasteiger partial charge is 0.465 e. The average molecular weight is 295 g/mol. The maximum atomic E-state index is 12.3. The quantitative estimate of drug-likeness (QED) is 0.839. The first-order valence-electron chi connectivity index (χ1n) is 6.62. The number of rotatable bonds is 3. The molecule has 2 unspecified atom stereocenters. The van der Waals surface area contributed by atoms with Gasteiger partial charge >= 0.3 is 5.97 Å². The summed E-state index contributed by atoms with van der Waals surface area (Å²) in [6.45, 7) is 4.33. The minimum absolute atomic E-state index is 0.301. The number of hydrogen-bond acceptors (Lipinski definition) is 4. The first-order valence-corrected chi connectivity index (χ1v) is 6.99. The Morgan fingerprint density at radius 3 is 2.90 bits per heavy atom. The van der Waals surface area contributed by atoms with Crippen molar-refractivity contribution in [3.8, 4) is 0 Å². The topological polar surface area (TPSA) is 64.3 Å². The van der Waals surface area contributed by atoms with E-state index in [1.54, 1.807) is 13.0 Å². The number of nitrogens with two attached hydrogens (primary N) is 1. The van der Waals surface area contributed by atoms with Gasteiger partial charge in [-0.15, -0.1) is 0 Å². The zero-order valence-electron chi connectivity index (χ0n) is 11.7. The molecule has 0 aromatic heterocycles. The van der Waals surface area contributed by atoms with Gasteiger partial charge in [0.05, 0.1) is 6.61 Å². The van der Waals surface area contributed by atoms with Crippen LogP contribution in [-0.2, 0) is 9.53 Å². The third-order valence-corrected chi connectivity index (χ3v) is 3.87. The number of allylic oxidation sites excluding steroid dienone is 1. The Hall–Kier alpha value is -1.52. The van der Waals surface area contributed by atoms with Gasteiger partial charge in [0.15, 0.2) is 0 Å². The second-order valence-corrected chi connectivity index (χ2v) is 5.37. The molecule has 2 atom stereocenters. The fourth-order valence-corrected chi connectivity index (χ4v) is 2.67. The minimum Gasteiger partial charge on any atom is -0.465 e. The smallest absolute Gasteiger partial charge is 0.328 e. The highest BCUT2D eigenvalue weighted by atomic mass is 35.5. The molecule has 20 heavy (non-hydrogen) atoms. The summed E-state index contributed by atoms with van der Waals surface area (Å²) in [6.07, 6.45) is 1.93. The van der Waals surface area contributed by atoms with E-state index in [9.17, 15) is 4.79 Å². The molecular weight excluding hydrogens is 276 g/mol. The predicted molar refractivity (Wildman–Crippen MR) is 79.5 cm³/mol. The Labute approximate surface area is 123 Å². The van der Waals surface area contributed by atoms with E-state index >= 15 is 0 Å². The molecule has 1 aromatic carbocycles. The molecule has 4 nitrogen and oxygen atoms in total. The molecule has 5 heteroatoms. The summed E-state index contributed by atoms with van der Waals surface area (Å²) in [5, 5.41) is 3.72. The number of ether oxygens (including phenoxy) is 1. The highest BCUT2D eigenvalue weighted by molar-refractivity contribution is 6.31. The van der Waals surface area contributed by atoms with E-state index < -0.39 is 11.5 Å². The second kappa shape index (κ2) is 5.85. The van der Waals surface area contributed by atoms with Crippen LogP contribution in [-0.4, -0.2) is 24.7 Å². The molecular formula is C15H19ClN2O2. The van der Waals surface area contributed by atoms with Crippen LogP contribution in [0.25, 0.3) is 0 Å². The van der Waals surface area contributed by atoms with Crippen LogP contribution < -0.4 is 11.1 Å². The number of hydrogen-bond donors (Lipinski definition) is 2. The first kappa shape index (κ1) is 14.9. The molecule has 0 amide bonds. The maximum absolute atomic E-state index is 12.3. The monoisotopic (exact) mass is 294 g/mol. The number of esters is 1. The molecule has 3 N–H and O–H groups in total. The number of nitrogens with one attached hydrogen (secondary N) is 1. The van der Waals surface area contributed by atoms with E-state index in [1.165, 1.54) is 0 Å². The van der Waals surface area contributed by atoms with Gasteiger partial charge in [-0.05, 0) is 25.5 Å². The minimum atomic E-state index is -1.15. The molecule has 0 spiro atoms. The number of carbonyl (C=O) groups is 1. The van der Waals surface area contributed by atoms with Crippen LogP contribution in [0.4, 0.5) is 0 Å². The van der Waals surface area contributed by atoms with Crippen LogP contribution in [0.3, 0.4) is 0 Å². The Morgan fingerprint density at radius 2 is 2.25 bits per heavy atom. The molecule has 0 bridgehead atoms. The Kier molecular flexibility index (Phi) is 4.35. The van der Waals surface area contributed by atoms with E-state index in [4.69, 9.17) is 22.1 Å². The molecule has 0 saturated carbocycles. The lowest BCUT2D eigenvalue weighted by atomic mass is 9.77. The van der Waals surface area contributed by atoms with E-state index in [-0.39, 0.29) is 5.92 Å². The summed E-state index contributed by atoms with van der Waals surface area (Å²) >= 11 is 6.26.